The van der Waals surface area contributed by atoms with Crippen molar-refractivity contribution >= 4 is 16.7 Å². The average molecular weight is 306 g/mol. The molecule has 1 aromatic carbocycles. The quantitative estimate of drug-likeness (QED) is 0.775. The van der Waals surface area contributed by atoms with E-state index >= 15 is 0 Å². The Morgan fingerprint density at radius 1 is 1.09 bits per heavy atom. The Bertz CT molecular complexity index is 880. The molecule has 6 heteroatoms. The minimum atomic E-state index is -0.354. The van der Waals surface area contributed by atoms with Crippen LogP contribution in [0.3, 0.4) is 0 Å². The predicted octanol–water partition coefficient (Wildman–Crippen LogP) is 2.19. The molecule has 0 fully saturated rings. The maximum atomic E-state index is 10.4. The molecule has 4 rings (SSSR count). The Labute approximate surface area is 132 Å². The van der Waals surface area contributed by atoms with E-state index in [0.29, 0.717) is 23.5 Å². The summed E-state index contributed by atoms with van der Waals surface area (Å²) in [4.78, 5) is 18.4. The molecule has 0 spiro atoms. The van der Waals surface area contributed by atoms with Gasteiger partial charge in [0.1, 0.15) is 5.52 Å². The van der Waals surface area contributed by atoms with Crippen LogP contribution in [0.2, 0.25) is 0 Å². The third-order valence-corrected chi connectivity index (χ3v) is 3.66. The number of pyridine rings is 2. The van der Waals surface area contributed by atoms with Gasteiger partial charge in [0.25, 0.3) is 0 Å². The number of fused-ring (bicyclic) bond motifs is 1. The molecule has 3 heterocycles. The first-order valence-corrected chi connectivity index (χ1v) is 7.28. The van der Waals surface area contributed by atoms with E-state index in [9.17, 15) is 5.11 Å². The molecule has 0 aliphatic carbocycles. The molecule has 0 saturated heterocycles. The zero-order valence-electron chi connectivity index (χ0n) is 12.2. The summed E-state index contributed by atoms with van der Waals surface area (Å²) in [6.07, 6.45) is 3.58. The molecule has 1 unspecified atom stereocenters. The summed E-state index contributed by atoms with van der Waals surface area (Å²) in [7, 11) is 0. The summed E-state index contributed by atoms with van der Waals surface area (Å²) in [6, 6.07) is 13.6. The first-order chi connectivity index (χ1) is 11.3. The van der Waals surface area contributed by atoms with E-state index in [2.05, 4.69) is 20.4 Å². The molecule has 0 amide bonds. The highest BCUT2D eigenvalue weighted by Crippen LogP contribution is 2.26. The van der Waals surface area contributed by atoms with Crippen LogP contribution >= 0.6 is 0 Å². The van der Waals surface area contributed by atoms with Crippen molar-refractivity contribution < 1.29 is 9.94 Å². The standard InChI is InChI=1S/C17H14N4O2/c22-16-14-12(7-4-8-18-14)10-19-15(16)17-20-13(23-21-17)9-11-5-2-1-3-6-11/h1-8,10,13,22H,9H2,(H,20,21). The summed E-state index contributed by atoms with van der Waals surface area (Å²) in [6.45, 7) is 0. The third-order valence-electron chi connectivity index (χ3n) is 3.66. The number of aromatic nitrogens is 2. The number of rotatable bonds is 3. The minimum Gasteiger partial charge on any atom is -0.504 e. The van der Waals surface area contributed by atoms with Crippen molar-refractivity contribution in [3.05, 3.63) is 66.1 Å². The van der Waals surface area contributed by atoms with Crippen LogP contribution in [-0.4, -0.2) is 27.1 Å². The van der Waals surface area contributed by atoms with E-state index in [1.807, 2.05) is 36.4 Å². The molecule has 1 atom stereocenters. The summed E-state index contributed by atoms with van der Waals surface area (Å²) < 4.78 is 0. The van der Waals surface area contributed by atoms with Crippen molar-refractivity contribution in [3.8, 4) is 5.75 Å². The van der Waals surface area contributed by atoms with Gasteiger partial charge in [-0.1, -0.05) is 30.3 Å². The van der Waals surface area contributed by atoms with Gasteiger partial charge in [-0.2, -0.15) is 0 Å². The van der Waals surface area contributed by atoms with Gasteiger partial charge in [0, 0.05) is 24.2 Å². The van der Waals surface area contributed by atoms with Gasteiger partial charge in [0.05, 0.1) is 0 Å². The fourth-order valence-corrected chi connectivity index (χ4v) is 2.53. The van der Waals surface area contributed by atoms with Gasteiger partial charge in [-0.25, -0.2) is 20.3 Å². The van der Waals surface area contributed by atoms with Gasteiger partial charge in [-0.15, -0.1) is 0 Å². The number of hydroxylamine groups is 1. The summed E-state index contributed by atoms with van der Waals surface area (Å²) in [5.41, 5.74) is 4.71. The molecule has 3 aromatic rings. The third kappa shape index (κ3) is 2.60. The molecular formula is C17H14N4O2. The molecule has 2 aromatic heterocycles. The Morgan fingerprint density at radius 2 is 1.96 bits per heavy atom. The lowest BCUT2D eigenvalue weighted by atomic mass is 10.1. The van der Waals surface area contributed by atoms with Crippen LogP contribution in [0.25, 0.3) is 10.9 Å². The van der Waals surface area contributed by atoms with Gasteiger partial charge in [-0.3, -0.25) is 4.98 Å². The number of nitrogens with zero attached hydrogens (tertiary/aromatic N) is 3. The fraction of sp³-hybridized carbons (Fsp3) is 0.118. The van der Waals surface area contributed by atoms with Gasteiger partial charge in [0.15, 0.2) is 23.5 Å². The summed E-state index contributed by atoms with van der Waals surface area (Å²) in [5, 5.41) is 11.2. The number of aromatic hydroxyl groups is 1. The van der Waals surface area contributed by atoms with Crippen LogP contribution in [0.15, 0.2) is 59.9 Å². The summed E-state index contributed by atoms with van der Waals surface area (Å²) in [5.74, 6) is 0.411. The second-order valence-electron chi connectivity index (χ2n) is 5.24. The Balaban J connectivity index is 1.63. The molecule has 1 aliphatic rings. The number of hydrogen-bond donors (Lipinski definition) is 2. The number of nitrogens with one attached hydrogen (secondary N) is 1. The molecule has 6 nitrogen and oxygen atoms in total. The van der Waals surface area contributed by atoms with Crippen molar-refractivity contribution in [3.63, 3.8) is 0 Å². The molecule has 114 valence electrons. The Hall–Kier alpha value is -2.99. The van der Waals surface area contributed by atoms with Crippen LogP contribution in [-0.2, 0) is 11.3 Å². The van der Waals surface area contributed by atoms with E-state index in [1.54, 1.807) is 18.5 Å². The summed E-state index contributed by atoms with van der Waals surface area (Å²) >= 11 is 0. The van der Waals surface area contributed by atoms with Crippen molar-refractivity contribution in [1.82, 2.24) is 15.4 Å². The second kappa shape index (κ2) is 5.66. The number of amidine groups is 1. The lowest BCUT2D eigenvalue weighted by molar-refractivity contribution is 0.0388. The van der Waals surface area contributed by atoms with Gasteiger partial charge < -0.3 is 5.11 Å². The van der Waals surface area contributed by atoms with Crippen LogP contribution in [0.4, 0.5) is 0 Å². The van der Waals surface area contributed by atoms with E-state index < -0.39 is 0 Å². The van der Waals surface area contributed by atoms with E-state index in [-0.39, 0.29) is 12.0 Å². The van der Waals surface area contributed by atoms with Crippen molar-refractivity contribution in [2.45, 2.75) is 12.6 Å². The number of aliphatic imine (C=N–C) groups is 1. The lowest BCUT2D eigenvalue weighted by Crippen LogP contribution is -2.21. The van der Waals surface area contributed by atoms with Crippen molar-refractivity contribution in [2.24, 2.45) is 4.99 Å². The smallest absolute Gasteiger partial charge is 0.181 e. The highest BCUT2D eigenvalue weighted by Gasteiger charge is 2.23. The van der Waals surface area contributed by atoms with E-state index in [4.69, 9.17) is 4.84 Å². The molecule has 0 radical (unpaired) electrons. The minimum absolute atomic E-state index is 0.00156. The second-order valence-corrected chi connectivity index (χ2v) is 5.24. The van der Waals surface area contributed by atoms with Gasteiger partial charge in [0.2, 0.25) is 0 Å². The van der Waals surface area contributed by atoms with Crippen LogP contribution < -0.4 is 5.48 Å². The Morgan fingerprint density at radius 3 is 2.83 bits per heavy atom. The van der Waals surface area contributed by atoms with Crippen molar-refractivity contribution in [1.29, 1.82) is 0 Å². The lowest BCUT2D eigenvalue weighted by Gasteiger charge is -2.06. The highest BCUT2D eigenvalue weighted by molar-refractivity contribution is 6.03. The van der Waals surface area contributed by atoms with Gasteiger partial charge >= 0.3 is 0 Å². The fourth-order valence-electron chi connectivity index (χ4n) is 2.53. The highest BCUT2D eigenvalue weighted by atomic mass is 16.7. The molecule has 0 bridgehead atoms. The first-order valence-electron chi connectivity index (χ1n) is 7.28. The number of benzene rings is 1. The predicted molar refractivity (Wildman–Crippen MR) is 85.9 cm³/mol. The maximum Gasteiger partial charge on any atom is 0.181 e. The molecule has 1 aliphatic heterocycles. The first kappa shape index (κ1) is 13.7. The molecule has 2 N–H and O–H groups in total. The molecule has 23 heavy (non-hydrogen) atoms. The molecular weight excluding hydrogens is 292 g/mol. The normalized spacial score (nSPS) is 17.0. The van der Waals surface area contributed by atoms with Crippen LogP contribution in [0.5, 0.6) is 5.75 Å². The van der Waals surface area contributed by atoms with Crippen molar-refractivity contribution in [2.75, 3.05) is 0 Å². The van der Waals surface area contributed by atoms with E-state index in [0.717, 1.165) is 10.9 Å². The molecule has 0 saturated carbocycles. The van der Waals surface area contributed by atoms with Crippen LogP contribution in [0, 0.1) is 0 Å². The van der Waals surface area contributed by atoms with Gasteiger partial charge in [-0.05, 0) is 17.7 Å². The average Bonchev–Trinajstić information content (AvgIpc) is 3.04. The van der Waals surface area contributed by atoms with Crippen LogP contribution in [0.1, 0.15) is 11.3 Å². The van der Waals surface area contributed by atoms with E-state index in [1.165, 1.54) is 0 Å². The monoisotopic (exact) mass is 306 g/mol. The number of hydrogen-bond acceptors (Lipinski definition) is 6. The topological polar surface area (TPSA) is 79.6 Å². The Kier molecular flexibility index (Phi) is 3.36. The SMILES string of the molecule is Oc1c(C2=NC(Cc3ccccc3)ON2)ncc2cccnc12. The zero-order chi connectivity index (χ0) is 15.6. The zero-order valence-corrected chi connectivity index (χ0v) is 12.2. The largest absolute Gasteiger partial charge is 0.504 e. The maximum absolute atomic E-state index is 10.4.